The van der Waals surface area contributed by atoms with Crippen molar-refractivity contribution in [2.45, 2.75) is 312 Å². The first kappa shape index (κ1) is 63.8. The van der Waals surface area contributed by atoms with E-state index in [1.807, 2.05) is 0 Å². The second kappa shape index (κ2) is 42.1. The molecule has 2 fully saturated rings. The first-order valence-electron chi connectivity index (χ1n) is 28.4. The van der Waals surface area contributed by atoms with Crippen molar-refractivity contribution in [3.63, 3.8) is 0 Å². The second-order valence-electron chi connectivity index (χ2n) is 20.4. The molecule has 2 heterocycles. The number of aliphatic hydroxyl groups excluding tert-OH is 8. The average Bonchev–Trinajstić information content (AvgIpc) is 3.35. The number of ether oxygens (including phenoxy) is 4. The predicted molar refractivity (Wildman–Crippen MR) is 272 cm³/mol. The quantitative estimate of drug-likeness (QED) is 0.0206. The van der Waals surface area contributed by atoms with Crippen molar-refractivity contribution in [2.24, 2.45) is 0 Å². The zero-order valence-corrected chi connectivity index (χ0v) is 43.6. The van der Waals surface area contributed by atoms with Gasteiger partial charge in [-0.3, -0.25) is 4.79 Å². The molecule has 14 nitrogen and oxygen atoms in total. The maximum Gasteiger partial charge on any atom is 0.220 e. The molecule has 0 aromatic carbocycles. The van der Waals surface area contributed by atoms with Crippen molar-refractivity contribution < 1.29 is 64.6 Å². The van der Waals surface area contributed by atoms with E-state index in [9.17, 15) is 45.6 Å². The number of rotatable bonds is 45. The van der Waals surface area contributed by atoms with Crippen LogP contribution in [-0.4, -0.2) is 140 Å². The number of amides is 1. The molecule has 14 heteroatoms. The average molecular weight is 988 g/mol. The largest absolute Gasteiger partial charge is 0.394 e. The number of carbonyl (C=O) groups is 1. The van der Waals surface area contributed by atoms with Crippen LogP contribution < -0.4 is 5.32 Å². The monoisotopic (exact) mass is 988 g/mol. The fourth-order valence-corrected chi connectivity index (χ4v) is 9.59. The van der Waals surface area contributed by atoms with Crippen molar-refractivity contribution in [1.82, 2.24) is 5.32 Å². The van der Waals surface area contributed by atoms with Crippen LogP contribution in [0.4, 0.5) is 0 Å². The molecule has 69 heavy (non-hydrogen) atoms. The third-order valence-corrected chi connectivity index (χ3v) is 14.2. The topological polar surface area (TPSA) is 228 Å². The van der Waals surface area contributed by atoms with Gasteiger partial charge in [0.2, 0.25) is 5.91 Å². The lowest BCUT2D eigenvalue weighted by molar-refractivity contribution is -0.359. The van der Waals surface area contributed by atoms with Crippen LogP contribution in [0.15, 0.2) is 12.2 Å². The van der Waals surface area contributed by atoms with Crippen LogP contribution in [-0.2, 0) is 23.7 Å². The van der Waals surface area contributed by atoms with E-state index >= 15 is 0 Å². The molecule has 1 amide bonds. The second-order valence-corrected chi connectivity index (χ2v) is 20.4. The van der Waals surface area contributed by atoms with Gasteiger partial charge in [-0.2, -0.15) is 0 Å². The van der Waals surface area contributed by atoms with Gasteiger partial charge in [-0.05, 0) is 32.1 Å². The molecule has 408 valence electrons. The molecule has 0 aromatic rings. The summed E-state index contributed by atoms with van der Waals surface area (Å²) in [6.07, 6.45) is 29.5. The molecule has 2 aliphatic heterocycles. The molecule has 2 rings (SSSR count). The van der Waals surface area contributed by atoms with E-state index in [0.717, 1.165) is 70.6 Å². The Labute approximate surface area is 418 Å². The number of unbranched alkanes of at least 4 members (excludes halogenated alkanes) is 30. The lowest BCUT2D eigenvalue weighted by atomic mass is 9.97. The molecule has 12 unspecified atom stereocenters. The van der Waals surface area contributed by atoms with Crippen molar-refractivity contribution in [3.8, 4) is 0 Å². The van der Waals surface area contributed by atoms with E-state index in [4.69, 9.17) is 18.9 Å². The molecule has 9 N–H and O–H groups in total. The van der Waals surface area contributed by atoms with Crippen molar-refractivity contribution in [1.29, 1.82) is 0 Å². The molecule has 0 spiro atoms. The van der Waals surface area contributed by atoms with E-state index in [0.29, 0.717) is 19.3 Å². The maximum absolute atomic E-state index is 13.2. The van der Waals surface area contributed by atoms with Crippen molar-refractivity contribution >= 4 is 5.91 Å². The minimum Gasteiger partial charge on any atom is -0.394 e. The summed E-state index contributed by atoms with van der Waals surface area (Å²) in [6.45, 7) is 2.80. The minimum absolute atomic E-state index is 0.216. The Hall–Kier alpha value is -1.27. The Kier molecular flexibility index (Phi) is 39.0. The highest BCUT2D eigenvalue weighted by molar-refractivity contribution is 5.76. The van der Waals surface area contributed by atoms with Crippen LogP contribution in [0.25, 0.3) is 0 Å². The Morgan fingerprint density at radius 3 is 1.43 bits per heavy atom. The fraction of sp³-hybridized carbons (Fsp3) is 0.945. The molecule has 12 atom stereocenters. The van der Waals surface area contributed by atoms with Gasteiger partial charge in [0.25, 0.3) is 0 Å². The Bertz CT molecular complexity index is 1210. The van der Waals surface area contributed by atoms with Gasteiger partial charge >= 0.3 is 0 Å². The zero-order valence-electron chi connectivity index (χ0n) is 43.6. The highest BCUT2D eigenvalue weighted by Crippen LogP contribution is 2.30. The molecule has 0 saturated carbocycles. The van der Waals surface area contributed by atoms with Crippen LogP contribution in [0.2, 0.25) is 0 Å². The normalized spacial score (nSPS) is 26.2. The summed E-state index contributed by atoms with van der Waals surface area (Å²) in [7, 11) is 0. The van der Waals surface area contributed by atoms with E-state index in [1.165, 1.54) is 135 Å². The number of nitrogens with one attached hydrogen (secondary N) is 1. The molecule has 0 aliphatic carbocycles. The molecule has 2 saturated heterocycles. The third-order valence-electron chi connectivity index (χ3n) is 14.2. The summed E-state index contributed by atoms with van der Waals surface area (Å²) in [5.41, 5.74) is 0. The number of hydrogen-bond donors (Lipinski definition) is 9. The van der Waals surface area contributed by atoms with Crippen LogP contribution >= 0.6 is 0 Å². The fourth-order valence-electron chi connectivity index (χ4n) is 9.59. The number of carbonyl (C=O) groups excluding carboxylic acids is 1. The van der Waals surface area contributed by atoms with Gasteiger partial charge in [-0.15, -0.1) is 0 Å². The van der Waals surface area contributed by atoms with Crippen LogP contribution in [0, 0.1) is 0 Å². The summed E-state index contributed by atoms with van der Waals surface area (Å²) in [6, 6.07) is -0.828. The van der Waals surface area contributed by atoms with Crippen LogP contribution in [0.3, 0.4) is 0 Å². The molecular weight excluding hydrogens is 883 g/mol. The molecule has 2 aliphatic rings. The number of allylic oxidation sites excluding steroid dienone is 2. The van der Waals surface area contributed by atoms with Gasteiger partial charge in [-0.1, -0.05) is 212 Å². The summed E-state index contributed by atoms with van der Waals surface area (Å²) in [4.78, 5) is 13.2. The lowest BCUT2D eigenvalue weighted by Gasteiger charge is -2.46. The predicted octanol–water partition coefficient (Wildman–Crippen LogP) is 8.72. The standard InChI is InChI=1S/C55H105NO13/c1-3-5-7-9-11-13-15-16-17-18-19-20-21-22-23-24-25-26-27-28-29-30-32-34-36-38-44(59)43(56-47(60)39-37-35-33-31-14-12-10-8-6-4-2)42-66-54-52(65)50(63)53(46(41-58)68-54)69-55-51(64)49(62)48(61)45(40-57)67-55/h8,10,43-46,48-55,57-59,61-65H,3-7,9,11-42H2,1-2H3,(H,56,60)/b10-8-. The Morgan fingerprint density at radius 1 is 0.507 bits per heavy atom. The molecule has 0 aromatic heterocycles. The first-order valence-corrected chi connectivity index (χ1v) is 28.4. The Morgan fingerprint density at radius 2 is 0.942 bits per heavy atom. The van der Waals surface area contributed by atoms with E-state index in [2.05, 4.69) is 31.3 Å². The van der Waals surface area contributed by atoms with Gasteiger partial charge in [0.05, 0.1) is 32.0 Å². The van der Waals surface area contributed by atoms with Gasteiger partial charge in [0, 0.05) is 6.42 Å². The summed E-state index contributed by atoms with van der Waals surface area (Å²) >= 11 is 0. The van der Waals surface area contributed by atoms with Crippen LogP contribution in [0.5, 0.6) is 0 Å². The van der Waals surface area contributed by atoms with Gasteiger partial charge in [0.1, 0.15) is 48.8 Å². The highest BCUT2D eigenvalue weighted by Gasteiger charge is 2.51. The lowest BCUT2D eigenvalue weighted by Crippen LogP contribution is -2.65. The maximum atomic E-state index is 13.2. The van der Waals surface area contributed by atoms with Gasteiger partial charge < -0.3 is 65.1 Å². The zero-order chi connectivity index (χ0) is 50.3. The number of aliphatic hydroxyl groups is 8. The molecular formula is C55H105NO13. The van der Waals surface area contributed by atoms with Crippen LogP contribution in [0.1, 0.15) is 239 Å². The Balaban J connectivity index is 1.70. The van der Waals surface area contributed by atoms with Gasteiger partial charge in [0.15, 0.2) is 12.6 Å². The van der Waals surface area contributed by atoms with Crippen molar-refractivity contribution in [3.05, 3.63) is 12.2 Å². The van der Waals surface area contributed by atoms with Crippen molar-refractivity contribution in [2.75, 3.05) is 19.8 Å². The van der Waals surface area contributed by atoms with E-state index in [1.54, 1.807) is 0 Å². The SMILES string of the molecule is CCC/C=C\CCCCCCCC(=O)NC(COC1OC(CO)C(OC2OC(CO)C(O)C(O)C2O)C(O)C1O)C(O)CCCCCCCCCCCCCCCCCCCCCCCCCCC. The van der Waals surface area contributed by atoms with Gasteiger partial charge in [-0.25, -0.2) is 0 Å². The number of hydrogen-bond acceptors (Lipinski definition) is 13. The van der Waals surface area contributed by atoms with E-state index < -0.39 is 86.8 Å². The molecule has 0 radical (unpaired) electrons. The summed E-state index contributed by atoms with van der Waals surface area (Å²) in [5.74, 6) is -0.216. The summed E-state index contributed by atoms with van der Waals surface area (Å²) in [5, 5.41) is 87.0. The molecule has 0 bridgehead atoms. The van der Waals surface area contributed by atoms with E-state index in [-0.39, 0.29) is 12.5 Å². The minimum atomic E-state index is -1.78. The third kappa shape index (κ3) is 28.7. The first-order chi connectivity index (χ1) is 33.6. The smallest absolute Gasteiger partial charge is 0.220 e. The highest BCUT2D eigenvalue weighted by atomic mass is 16.7. The summed E-state index contributed by atoms with van der Waals surface area (Å²) < 4.78 is 22.8.